The standard InChI is InChI=1S/C15H21FN2O/c1-9-7-10(5-6-11(9)16)14-12(17)8-13(19)18(14)15(2,3)4/h5-7,12,14H,8,17H2,1-4H3. The van der Waals surface area contributed by atoms with E-state index in [1.54, 1.807) is 19.1 Å². The van der Waals surface area contributed by atoms with Crippen molar-refractivity contribution >= 4 is 5.91 Å². The minimum absolute atomic E-state index is 0.0620. The third-order valence-corrected chi connectivity index (χ3v) is 3.61. The Morgan fingerprint density at radius 2 is 2.00 bits per heavy atom. The SMILES string of the molecule is Cc1cc(C2C(N)CC(=O)N2C(C)(C)C)ccc1F. The number of hydrogen-bond acceptors (Lipinski definition) is 2. The molecule has 1 aliphatic heterocycles. The molecule has 1 saturated heterocycles. The monoisotopic (exact) mass is 264 g/mol. The van der Waals surface area contributed by atoms with E-state index in [2.05, 4.69) is 0 Å². The van der Waals surface area contributed by atoms with E-state index < -0.39 is 0 Å². The number of amides is 1. The third-order valence-electron chi connectivity index (χ3n) is 3.61. The summed E-state index contributed by atoms with van der Waals surface area (Å²) in [6.45, 7) is 7.70. The summed E-state index contributed by atoms with van der Waals surface area (Å²) in [6.07, 6.45) is 0.346. The van der Waals surface area contributed by atoms with Crippen molar-refractivity contribution in [2.24, 2.45) is 5.73 Å². The number of nitrogens with zero attached hydrogens (tertiary/aromatic N) is 1. The molecule has 0 spiro atoms. The average Bonchev–Trinajstić information content (AvgIpc) is 2.57. The highest BCUT2D eigenvalue weighted by Crippen LogP contribution is 2.37. The van der Waals surface area contributed by atoms with Gasteiger partial charge in [0.05, 0.1) is 6.04 Å². The van der Waals surface area contributed by atoms with Gasteiger partial charge in [0.2, 0.25) is 5.91 Å². The molecule has 0 radical (unpaired) electrons. The van der Waals surface area contributed by atoms with Gasteiger partial charge in [-0.2, -0.15) is 0 Å². The lowest BCUT2D eigenvalue weighted by molar-refractivity contribution is -0.133. The second kappa shape index (κ2) is 4.60. The zero-order chi connectivity index (χ0) is 14.4. The Hall–Kier alpha value is -1.42. The molecule has 19 heavy (non-hydrogen) atoms. The van der Waals surface area contributed by atoms with Crippen LogP contribution in [0.5, 0.6) is 0 Å². The normalized spacial score (nSPS) is 24.1. The summed E-state index contributed by atoms with van der Waals surface area (Å²) in [5, 5.41) is 0. The number of aryl methyl sites for hydroxylation is 1. The predicted molar refractivity (Wildman–Crippen MR) is 73.1 cm³/mol. The molecule has 2 atom stereocenters. The molecule has 3 nitrogen and oxygen atoms in total. The van der Waals surface area contributed by atoms with Crippen LogP contribution in [0.15, 0.2) is 18.2 Å². The zero-order valence-corrected chi connectivity index (χ0v) is 11.9. The molecule has 2 unspecified atom stereocenters. The van der Waals surface area contributed by atoms with Crippen molar-refractivity contribution in [3.8, 4) is 0 Å². The van der Waals surface area contributed by atoms with Gasteiger partial charge in [0.1, 0.15) is 5.82 Å². The Kier molecular flexibility index (Phi) is 3.39. The molecule has 0 aromatic heterocycles. The van der Waals surface area contributed by atoms with Gasteiger partial charge in [0.25, 0.3) is 0 Å². The third kappa shape index (κ3) is 2.50. The summed E-state index contributed by atoms with van der Waals surface area (Å²) in [5.74, 6) is -0.170. The molecule has 1 aromatic rings. The van der Waals surface area contributed by atoms with Gasteiger partial charge in [-0.15, -0.1) is 0 Å². The van der Waals surface area contributed by atoms with Crippen molar-refractivity contribution in [1.82, 2.24) is 4.90 Å². The summed E-state index contributed by atoms with van der Waals surface area (Å²) in [7, 11) is 0. The van der Waals surface area contributed by atoms with Gasteiger partial charge in [-0.05, 0) is 44.9 Å². The van der Waals surface area contributed by atoms with Gasteiger partial charge in [0, 0.05) is 18.0 Å². The minimum Gasteiger partial charge on any atom is -0.329 e. The van der Waals surface area contributed by atoms with Crippen LogP contribution in [0.4, 0.5) is 4.39 Å². The van der Waals surface area contributed by atoms with Gasteiger partial charge < -0.3 is 10.6 Å². The number of rotatable bonds is 1. The van der Waals surface area contributed by atoms with Crippen molar-refractivity contribution in [3.05, 3.63) is 35.1 Å². The number of halogens is 1. The fourth-order valence-corrected chi connectivity index (χ4v) is 2.80. The van der Waals surface area contributed by atoms with Gasteiger partial charge >= 0.3 is 0 Å². The van der Waals surface area contributed by atoms with Crippen molar-refractivity contribution in [3.63, 3.8) is 0 Å². The van der Waals surface area contributed by atoms with E-state index in [0.717, 1.165) is 5.56 Å². The van der Waals surface area contributed by atoms with Gasteiger partial charge in [-0.3, -0.25) is 4.79 Å². The van der Waals surface area contributed by atoms with E-state index in [1.807, 2.05) is 25.7 Å². The highest BCUT2D eigenvalue weighted by Gasteiger charge is 2.43. The van der Waals surface area contributed by atoms with E-state index >= 15 is 0 Å². The summed E-state index contributed by atoms with van der Waals surface area (Å²) in [4.78, 5) is 14.0. The average molecular weight is 264 g/mol. The first kappa shape index (κ1) is 14.0. The van der Waals surface area contributed by atoms with Crippen LogP contribution in [-0.2, 0) is 4.79 Å². The molecule has 4 heteroatoms. The van der Waals surface area contributed by atoms with Crippen LogP contribution in [0.2, 0.25) is 0 Å². The summed E-state index contributed by atoms with van der Waals surface area (Å²) in [5.41, 5.74) is 7.32. The molecule has 0 bridgehead atoms. The van der Waals surface area contributed by atoms with E-state index in [1.165, 1.54) is 6.07 Å². The maximum absolute atomic E-state index is 13.4. The molecule has 104 valence electrons. The van der Waals surface area contributed by atoms with Crippen LogP contribution in [0.25, 0.3) is 0 Å². The smallest absolute Gasteiger partial charge is 0.225 e. The lowest BCUT2D eigenvalue weighted by Gasteiger charge is -2.38. The van der Waals surface area contributed by atoms with Gasteiger partial charge in [0.15, 0.2) is 0 Å². The summed E-state index contributed by atoms with van der Waals surface area (Å²) < 4.78 is 13.4. The van der Waals surface area contributed by atoms with Crippen molar-refractivity contribution < 1.29 is 9.18 Å². The first-order valence-corrected chi connectivity index (χ1v) is 6.55. The molecule has 1 aromatic carbocycles. The molecule has 0 aliphatic carbocycles. The van der Waals surface area contributed by atoms with Crippen molar-refractivity contribution in [2.75, 3.05) is 0 Å². The van der Waals surface area contributed by atoms with Crippen LogP contribution >= 0.6 is 0 Å². The first-order valence-electron chi connectivity index (χ1n) is 6.55. The molecule has 2 N–H and O–H groups in total. The van der Waals surface area contributed by atoms with E-state index in [-0.39, 0.29) is 29.3 Å². The van der Waals surface area contributed by atoms with Crippen molar-refractivity contribution in [1.29, 1.82) is 0 Å². The number of benzene rings is 1. The predicted octanol–water partition coefficient (Wildman–Crippen LogP) is 2.53. The molecular weight excluding hydrogens is 243 g/mol. The lowest BCUT2D eigenvalue weighted by atomic mass is 9.95. The van der Waals surface area contributed by atoms with Crippen LogP contribution in [0.3, 0.4) is 0 Å². The molecule has 1 fully saturated rings. The summed E-state index contributed by atoms with van der Waals surface area (Å²) >= 11 is 0. The highest BCUT2D eigenvalue weighted by molar-refractivity contribution is 5.81. The van der Waals surface area contributed by atoms with E-state index in [0.29, 0.717) is 12.0 Å². The number of carbonyl (C=O) groups is 1. The lowest BCUT2D eigenvalue weighted by Crippen LogP contribution is -2.45. The Labute approximate surface area is 113 Å². The second-order valence-corrected chi connectivity index (χ2v) is 6.26. The largest absolute Gasteiger partial charge is 0.329 e. The fourth-order valence-electron chi connectivity index (χ4n) is 2.80. The first-order chi connectivity index (χ1) is 8.71. The van der Waals surface area contributed by atoms with Crippen molar-refractivity contribution in [2.45, 2.75) is 51.7 Å². The molecule has 1 heterocycles. The van der Waals surface area contributed by atoms with E-state index in [9.17, 15) is 9.18 Å². The Bertz CT molecular complexity index is 507. The minimum atomic E-state index is -0.293. The summed E-state index contributed by atoms with van der Waals surface area (Å²) in [6, 6.07) is 4.55. The number of nitrogens with two attached hydrogens (primary N) is 1. The molecular formula is C15H21FN2O. The van der Waals surface area contributed by atoms with Crippen LogP contribution in [0, 0.1) is 12.7 Å². The molecule has 1 aliphatic rings. The number of hydrogen-bond donors (Lipinski definition) is 1. The van der Waals surface area contributed by atoms with Crippen LogP contribution in [0.1, 0.15) is 44.4 Å². The molecule has 2 rings (SSSR count). The van der Waals surface area contributed by atoms with Crippen LogP contribution < -0.4 is 5.73 Å². The van der Waals surface area contributed by atoms with Crippen LogP contribution in [-0.4, -0.2) is 22.4 Å². The van der Waals surface area contributed by atoms with E-state index in [4.69, 9.17) is 5.73 Å². The maximum Gasteiger partial charge on any atom is 0.225 e. The fraction of sp³-hybridized carbons (Fsp3) is 0.533. The Morgan fingerprint density at radius 1 is 1.37 bits per heavy atom. The molecule has 0 saturated carbocycles. The van der Waals surface area contributed by atoms with Gasteiger partial charge in [-0.25, -0.2) is 4.39 Å². The number of carbonyl (C=O) groups excluding carboxylic acids is 1. The quantitative estimate of drug-likeness (QED) is 0.847. The Morgan fingerprint density at radius 3 is 2.53 bits per heavy atom. The second-order valence-electron chi connectivity index (χ2n) is 6.26. The number of likely N-dealkylation sites (tertiary alicyclic amines) is 1. The topological polar surface area (TPSA) is 46.3 Å². The highest BCUT2D eigenvalue weighted by atomic mass is 19.1. The molecule has 1 amide bonds. The maximum atomic E-state index is 13.4. The zero-order valence-electron chi connectivity index (χ0n) is 11.9. The Balaban J connectivity index is 2.45. The van der Waals surface area contributed by atoms with Gasteiger partial charge in [-0.1, -0.05) is 12.1 Å².